The van der Waals surface area contributed by atoms with Crippen molar-refractivity contribution in [3.05, 3.63) is 163 Å². The molecule has 0 radical (unpaired) electrons. The lowest BCUT2D eigenvalue weighted by atomic mass is 10.0. The Labute approximate surface area is 276 Å². The second kappa shape index (κ2) is 10.3. The molecular formula is C44H29N3O. The molecule has 10 aromatic rings. The van der Waals surface area contributed by atoms with Gasteiger partial charge in [-0.05, 0) is 72.6 Å². The van der Waals surface area contributed by atoms with Crippen LogP contribution in [0.25, 0.3) is 88.7 Å². The summed E-state index contributed by atoms with van der Waals surface area (Å²) in [4.78, 5) is 5.24. The molecule has 0 N–H and O–H groups in total. The maximum absolute atomic E-state index is 6.42. The Kier molecular flexibility index (Phi) is 5.75. The number of benzene rings is 7. The molecule has 4 heteroatoms. The van der Waals surface area contributed by atoms with Crippen LogP contribution in [0.4, 0.5) is 0 Å². The lowest BCUT2D eigenvalue weighted by Crippen LogP contribution is -1.99. The van der Waals surface area contributed by atoms with Crippen molar-refractivity contribution in [2.45, 2.75) is 6.92 Å². The third-order valence-electron chi connectivity index (χ3n) is 9.65. The highest BCUT2D eigenvalue weighted by atomic mass is 16.3. The van der Waals surface area contributed by atoms with Crippen LogP contribution in [0.2, 0.25) is 0 Å². The minimum atomic E-state index is 0.911. The van der Waals surface area contributed by atoms with E-state index >= 15 is 0 Å². The van der Waals surface area contributed by atoms with E-state index in [9.17, 15) is 0 Å². The standard InChI is InChI=1S/C44H29N3O/c1-28-12-9-22-40-42(28)45-44(47(40)31-14-3-2-4-15-31)30-13-10-16-32(26-30)46-38-21-7-5-17-34(38)37-27-29(24-25-39(37)46)33-19-11-20-36-35-18-6-8-23-41(35)48-43(33)36/h2-27H,1H3. The van der Waals surface area contributed by atoms with Crippen molar-refractivity contribution in [1.82, 2.24) is 14.1 Å². The number of aryl methyl sites for hydroxylation is 1. The van der Waals surface area contributed by atoms with Crippen molar-refractivity contribution in [2.24, 2.45) is 0 Å². The van der Waals surface area contributed by atoms with Gasteiger partial charge in [0.25, 0.3) is 0 Å². The van der Waals surface area contributed by atoms with Crippen LogP contribution < -0.4 is 0 Å². The van der Waals surface area contributed by atoms with Gasteiger partial charge in [0.05, 0.1) is 22.1 Å². The molecule has 10 rings (SSSR count). The Balaban J connectivity index is 1.18. The van der Waals surface area contributed by atoms with E-state index in [4.69, 9.17) is 9.40 Å². The van der Waals surface area contributed by atoms with Crippen molar-refractivity contribution in [1.29, 1.82) is 0 Å². The first-order chi connectivity index (χ1) is 23.7. The SMILES string of the molecule is Cc1cccc2c1nc(-c1cccc(-n3c4ccccc4c4cc(-c5cccc6c5oc5ccccc56)ccc43)c1)n2-c1ccccc1. The van der Waals surface area contributed by atoms with Crippen LogP contribution in [0.5, 0.6) is 0 Å². The first-order valence-corrected chi connectivity index (χ1v) is 16.3. The molecular weight excluding hydrogens is 587 g/mol. The Morgan fingerprint density at radius 1 is 0.479 bits per heavy atom. The van der Waals surface area contributed by atoms with E-state index in [0.29, 0.717) is 0 Å². The first-order valence-electron chi connectivity index (χ1n) is 16.3. The molecule has 0 aliphatic heterocycles. The molecule has 226 valence electrons. The predicted octanol–water partition coefficient (Wildman–Crippen LogP) is 11.7. The summed E-state index contributed by atoms with van der Waals surface area (Å²) in [6, 6.07) is 55.9. The van der Waals surface area contributed by atoms with Crippen molar-refractivity contribution in [2.75, 3.05) is 0 Å². The molecule has 0 unspecified atom stereocenters. The van der Waals surface area contributed by atoms with Crippen LogP contribution >= 0.6 is 0 Å². The number of furan rings is 1. The van der Waals surface area contributed by atoms with E-state index in [2.05, 4.69) is 162 Å². The number of hydrogen-bond donors (Lipinski definition) is 0. The van der Waals surface area contributed by atoms with Gasteiger partial charge in [-0.15, -0.1) is 0 Å². The summed E-state index contributed by atoms with van der Waals surface area (Å²) >= 11 is 0. The van der Waals surface area contributed by atoms with Gasteiger partial charge in [0.2, 0.25) is 0 Å². The van der Waals surface area contributed by atoms with E-state index < -0.39 is 0 Å². The van der Waals surface area contributed by atoms with Gasteiger partial charge < -0.3 is 8.98 Å². The molecule has 0 saturated heterocycles. The molecule has 0 fully saturated rings. The lowest BCUT2D eigenvalue weighted by molar-refractivity contribution is 0.670. The van der Waals surface area contributed by atoms with E-state index in [1.165, 1.54) is 10.8 Å². The summed E-state index contributed by atoms with van der Waals surface area (Å²) in [5.74, 6) is 0.925. The Morgan fingerprint density at radius 3 is 2.10 bits per heavy atom. The summed E-state index contributed by atoms with van der Waals surface area (Å²) < 4.78 is 11.1. The highest BCUT2D eigenvalue weighted by Crippen LogP contribution is 2.40. The fourth-order valence-corrected chi connectivity index (χ4v) is 7.45. The predicted molar refractivity (Wildman–Crippen MR) is 198 cm³/mol. The average molecular weight is 616 g/mol. The molecule has 0 spiro atoms. The van der Waals surface area contributed by atoms with E-state index in [0.717, 1.165) is 83.5 Å². The highest BCUT2D eigenvalue weighted by Gasteiger charge is 2.19. The highest BCUT2D eigenvalue weighted by molar-refractivity contribution is 6.13. The van der Waals surface area contributed by atoms with E-state index in [1.807, 2.05) is 12.1 Å². The minimum absolute atomic E-state index is 0.911. The van der Waals surface area contributed by atoms with Gasteiger partial charge in [-0.2, -0.15) is 0 Å². The molecule has 0 bridgehead atoms. The van der Waals surface area contributed by atoms with Gasteiger partial charge in [0, 0.05) is 44.0 Å². The lowest BCUT2D eigenvalue weighted by Gasteiger charge is -2.12. The van der Waals surface area contributed by atoms with Gasteiger partial charge in [0.15, 0.2) is 0 Å². The summed E-state index contributed by atoms with van der Waals surface area (Å²) in [6.07, 6.45) is 0. The number of fused-ring (bicyclic) bond motifs is 7. The third kappa shape index (κ3) is 3.93. The fraction of sp³-hybridized carbons (Fsp3) is 0.0227. The van der Waals surface area contributed by atoms with Crippen LogP contribution in [0.3, 0.4) is 0 Å². The van der Waals surface area contributed by atoms with E-state index in [1.54, 1.807) is 0 Å². The Morgan fingerprint density at radius 2 is 1.19 bits per heavy atom. The van der Waals surface area contributed by atoms with Crippen LogP contribution in [0, 0.1) is 6.92 Å². The van der Waals surface area contributed by atoms with Crippen molar-refractivity contribution >= 4 is 54.8 Å². The summed E-state index contributed by atoms with van der Waals surface area (Å²) in [5.41, 5.74) is 12.9. The molecule has 7 aromatic carbocycles. The van der Waals surface area contributed by atoms with Crippen LogP contribution in [-0.4, -0.2) is 14.1 Å². The summed E-state index contributed by atoms with van der Waals surface area (Å²) in [7, 11) is 0. The number of aromatic nitrogens is 3. The van der Waals surface area contributed by atoms with Crippen LogP contribution in [0.1, 0.15) is 5.56 Å². The van der Waals surface area contributed by atoms with Crippen molar-refractivity contribution in [3.63, 3.8) is 0 Å². The Hall–Kier alpha value is -6.39. The number of hydrogen-bond acceptors (Lipinski definition) is 2. The summed E-state index contributed by atoms with van der Waals surface area (Å²) in [5, 5.41) is 4.69. The van der Waals surface area contributed by atoms with Crippen molar-refractivity contribution < 1.29 is 4.42 Å². The zero-order valence-corrected chi connectivity index (χ0v) is 26.3. The number of imidazole rings is 1. The number of rotatable bonds is 4. The van der Waals surface area contributed by atoms with Crippen LogP contribution in [0.15, 0.2) is 162 Å². The largest absolute Gasteiger partial charge is 0.455 e. The maximum atomic E-state index is 6.42. The second-order valence-electron chi connectivity index (χ2n) is 12.5. The molecule has 0 atom stereocenters. The summed E-state index contributed by atoms with van der Waals surface area (Å²) in [6.45, 7) is 2.13. The topological polar surface area (TPSA) is 35.9 Å². The minimum Gasteiger partial charge on any atom is -0.455 e. The monoisotopic (exact) mass is 615 g/mol. The number of nitrogens with zero attached hydrogens (tertiary/aromatic N) is 3. The van der Waals surface area contributed by atoms with Gasteiger partial charge in [-0.25, -0.2) is 4.98 Å². The smallest absolute Gasteiger partial charge is 0.145 e. The molecule has 3 aromatic heterocycles. The molecule has 0 saturated carbocycles. The molecule has 3 heterocycles. The molecule has 4 nitrogen and oxygen atoms in total. The molecule has 0 amide bonds. The fourth-order valence-electron chi connectivity index (χ4n) is 7.45. The zero-order valence-electron chi connectivity index (χ0n) is 26.3. The van der Waals surface area contributed by atoms with Gasteiger partial charge in [-0.1, -0.05) is 103 Å². The third-order valence-corrected chi connectivity index (χ3v) is 9.65. The number of para-hydroxylation sites is 5. The van der Waals surface area contributed by atoms with Gasteiger partial charge >= 0.3 is 0 Å². The Bertz CT molecular complexity index is 2850. The van der Waals surface area contributed by atoms with Gasteiger partial charge in [-0.3, -0.25) is 4.57 Å². The van der Waals surface area contributed by atoms with Crippen molar-refractivity contribution in [3.8, 4) is 33.9 Å². The molecule has 0 aliphatic rings. The quantitative estimate of drug-likeness (QED) is 0.197. The average Bonchev–Trinajstić information content (AvgIpc) is 3.82. The maximum Gasteiger partial charge on any atom is 0.145 e. The van der Waals surface area contributed by atoms with E-state index in [-0.39, 0.29) is 0 Å². The molecule has 48 heavy (non-hydrogen) atoms. The van der Waals surface area contributed by atoms with Gasteiger partial charge in [0.1, 0.15) is 17.0 Å². The zero-order chi connectivity index (χ0) is 31.8. The second-order valence-corrected chi connectivity index (χ2v) is 12.5. The first kappa shape index (κ1) is 26.8. The van der Waals surface area contributed by atoms with Crippen LogP contribution in [-0.2, 0) is 0 Å². The molecule has 0 aliphatic carbocycles. The normalized spacial score (nSPS) is 11.9.